The van der Waals surface area contributed by atoms with Crippen molar-refractivity contribution in [3.8, 4) is 0 Å². The highest BCUT2D eigenvalue weighted by Crippen LogP contribution is 2.23. The van der Waals surface area contributed by atoms with Crippen molar-refractivity contribution in [3.63, 3.8) is 0 Å². The predicted molar refractivity (Wildman–Crippen MR) is 92.0 cm³/mol. The molecule has 0 aliphatic rings. The molecule has 6 heteroatoms. The Morgan fingerprint density at radius 2 is 1.86 bits per heavy atom. The van der Waals surface area contributed by atoms with E-state index < -0.39 is 0 Å². The van der Waals surface area contributed by atoms with Crippen LogP contribution in [-0.4, -0.2) is 16.9 Å². The third-order valence-corrected chi connectivity index (χ3v) is 3.57. The molecule has 0 spiro atoms. The van der Waals surface area contributed by atoms with E-state index in [0.29, 0.717) is 27.5 Å². The highest BCUT2D eigenvalue weighted by Gasteiger charge is 2.10. The monoisotopic (exact) mass is 337 g/mol. The Bertz CT molecular complexity index is 656. The summed E-state index contributed by atoms with van der Waals surface area (Å²) in [6, 6.07) is 8.74. The summed E-state index contributed by atoms with van der Waals surface area (Å²) in [5, 5.41) is 6.97. The highest BCUT2D eigenvalue weighted by atomic mass is 35.5. The number of amides is 1. The average molecular weight is 338 g/mol. The Labute approximate surface area is 139 Å². The molecule has 0 saturated heterocycles. The molecule has 0 saturated carbocycles. The summed E-state index contributed by atoms with van der Waals surface area (Å²) in [6.07, 6.45) is 2.59. The molecule has 1 heterocycles. The molecule has 1 aromatic heterocycles. The lowest BCUT2D eigenvalue weighted by atomic mass is 10.2. The maximum absolute atomic E-state index is 12.3. The number of halogens is 2. The van der Waals surface area contributed by atoms with Crippen LogP contribution in [-0.2, 0) is 0 Å². The van der Waals surface area contributed by atoms with Crippen LogP contribution >= 0.6 is 23.2 Å². The number of hydrogen-bond acceptors (Lipinski definition) is 3. The maximum atomic E-state index is 12.3. The van der Waals surface area contributed by atoms with Crippen LogP contribution in [0.3, 0.4) is 0 Å². The number of carbonyl (C=O) groups is 1. The molecule has 0 aliphatic carbocycles. The number of carbonyl (C=O) groups excluding carboxylic acids is 1. The minimum absolute atomic E-state index is 0.314. The van der Waals surface area contributed by atoms with E-state index in [4.69, 9.17) is 23.2 Å². The first-order valence-corrected chi connectivity index (χ1v) is 7.73. The first-order chi connectivity index (χ1) is 10.5. The minimum Gasteiger partial charge on any atom is -0.382 e. The van der Waals surface area contributed by atoms with Crippen molar-refractivity contribution in [2.24, 2.45) is 0 Å². The molecule has 1 amide bonds. The van der Waals surface area contributed by atoms with E-state index in [9.17, 15) is 4.79 Å². The fourth-order valence-corrected chi connectivity index (χ4v) is 2.38. The van der Waals surface area contributed by atoms with Crippen molar-refractivity contribution in [3.05, 3.63) is 52.3 Å². The molecule has 116 valence electrons. The van der Waals surface area contributed by atoms with Gasteiger partial charge in [0, 0.05) is 33.7 Å². The Morgan fingerprint density at radius 1 is 1.18 bits per heavy atom. The van der Waals surface area contributed by atoms with Crippen molar-refractivity contribution < 1.29 is 4.79 Å². The van der Waals surface area contributed by atoms with Gasteiger partial charge in [-0.2, -0.15) is 0 Å². The van der Waals surface area contributed by atoms with E-state index in [1.807, 2.05) is 6.07 Å². The number of aromatic nitrogens is 1. The molecular formula is C16H17Cl2N3O. The van der Waals surface area contributed by atoms with Gasteiger partial charge in [0.05, 0.1) is 0 Å². The van der Waals surface area contributed by atoms with E-state index in [2.05, 4.69) is 29.5 Å². The summed E-state index contributed by atoms with van der Waals surface area (Å²) >= 11 is 11.8. The average Bonchev–Trinajstić information content (AvgIpc) is 2.46. The molecular weight excluding hydrogens is 321 g/mol. The van der Waals surface area contributed by atoms with Gasteiger partial charge in [-0.05, 0) is 43.7 Å². The van der Waals surface area contributed by atoms with E-state index in [0.717, 1.165) is 12.1 Å². The van der Waals surface area contributed by atoms with Crippen LogP contribution in [0.5, 0.6) is 0 Å². The zero-order valence-electron chi connectivity index (χ0n) is 12.4. The maximum Gasteiger partial charge on any atom is 0.274 e. The van der Waals surface area contributed by atoms with Gasteiger partial charge in [0.15, 0.2) is 0 Å². The second kappa shape index (κ2) is 7.47. The van der Waals surface area contributed by atoms with Crippen molar-refractivity contribution in [2.75, 3.05) is 10.6 Å². The number of nitrogens with one attached hydrogen (secondary N) is 2. The van der Waals surface area contributed by atoms with Crippen LogP contribution in [0.25, 0.3) is 0 Å². The Morgan fingerprint density at radius 3 is 2.50 bits per heavy atom. The second-order valence-electron chi connectivity index (χ2n) is 5.00. The number of anilines is 2. The predicted octanol–water partition coefficient (Wildman–Crippen LogP) is 4.85. The molecule has 1 aromatic carbocycles. The summed E-state index contributed by atoms with van der Waals surface area (Å²) in [7, 11) is 0. The zero-order valence-corrected chi connectivity index (χ0v) is 13.9. The van der Waals surface area contributed by atoms with E-state index in [1.165, 1.54) is 0 Å². The molecule has 0 radical (unpaired) electrons. The first-order valence-electron chi connectivity index (χ1n) is 6.98. The summed E-state index contributed by atoms with van der Waals surface area (Å²) in [4.78, 5) is 16.4. The highest BCUT2D eigenvalue weighted by molar-refractivity contribution is 6.35. The fourth-order valence-electron chi connectivity index (χ4n) is 1.85. The number of rotatable bonds is 5. The molecule has 4 nitrogen and oxygen atoms in total. The van der Waals surface area contributed by atoms with Gasteiger partial charge in [0.25, 0.3) is 5.91 Å². The smallest absolute Gasteiger partial charge is 0.274 e. The molecule has 0 fully saturated rings. The van der Waals surface area contributed by atoms with Crippen LogP contribution < -0.4 is 10.6 Å². The number of pyridine rings is 1. The largest absolute Gasteiger partial charge is 0.382 e. The SMILES string of the molecule is CCC(C)Nc1ccnc(C(=O)Nc2cc(Cl)cc(Cl)c2)c1. The van der Waals surface area contributed by atoms with Gasteiger partial charge in [-0.25, -0.2) is 0 Å². The lowest BCUT2D eigenvalue weighted by Gasteiger charge is -2.13. The molecule has 2 rings (SSSR count). The van der Waals surface area contributed by atoms with Gasteiger partial charge >= 0.3 is 0 Å². The third kappa shape index (κ3) is 4.61. The van der Waals surface area contributed by atoms with Gasteiger partial charge in [-0.15, -0.1) is 0 Å². The van der Waals surface area contributed by atoms with Gasteiger partial charge in [-0.1, -0.05) is 30.1 Å². The number of hydrogen-bond donors (Lipinski definition) is 2. The lowest BCUT2D eigenvalue weighted by Crippen LogP contribution is -2.16. The van der Waals surface area contributed by atoms with Crippen molar-refractivity contribution in [1.82, 2.24) is 4.98 Å². The number of benzene rings is 1. The van der Waals surface area contributed by atoms with Crippen molar-refractivity contribution >= 4 is 40.5 Å². The molecule has 0 bridgehead atoms. The summed E-state index contributed by atoms with van der Waals surface area (Å²) in [6.45, 7) is 4.17. The normalized spacial score (nSPS) is 11.8. The third-order valence-electron chi connectivity index (χ3n) is 3.14. The first kappa shape index (κ1) is 16.6. The summed E-state index contributed by atoms with van der Waals surface area (Å²) < 4.78 is 0. The topological polar surface area (TPSA) is 54.0 Å². The molecule has 1 atom stereocenters. The lowest BCUT2D eigenvalue weighted by molar-refractivity contribution is 0.102. The minimum atomic E-state index is -0.314. The van der Waals surface area contributed by atoms with Gasteiger partial charge in [0.2, 0.25) is 0 Å². The fraction of sp³-hybridized carbons (Fsp3) is 0.250. The van der Waals surface area contributed by atoms with Gasteiger partial charge in [-0.3, -0.25) is 9.78 Å². The second-order valence-corrected chi connectivity index (χ2v) is 5.87. The zero-order chi connectivity index (χ0) is 16.1. The van der Waals surface area contributed by atoms with Crippen LogP contribution in [0.1, 0.15) is 30.8 Å². The molecule has 1 unspecified atom stereocenters. The molecule has 22 heavy (non-hydrogen) atoms. The van der Waals surface area contributed by atoms with Crippen LogP contribution in [0.4, 0.5) is 11.4 Å². The summed E-state index contributed by atoms with van der Waals surface area (Å²) in [5.41, 5.74) is 1.72. The van der Waals surface area contributed by atoms with Gasteiger partial charge < -0.3 is 10.6 Å². The molecule has 0 aliphatic heterocycles. The van der Waals surface area contributed by atoms with Gasteiger partial charge in [0.1, 0.15) is 5.69 Å². The van der Waals surface area contributed by atoms with E-state index >= 15 is 0 Å². The van der Waals surface area contributed by atoms with Crippen molar-refractivity contribution in [2.45, 2.75) is 26.3 Å². The summed E-state index contributed by atoms with van der Waals surface area (Å²) in [5.74, 6) is -0.314. The van der Waals surface area contributed by atoms with Crippen LogP contribution in [0.2, 0.25) is 10.0 Å². The Kier molecular flexibility index (Phi) is 5.63. The van der Waals surface area contributed by atoms with E-state index in [-0.39, 0.29) is 5.91 Å². The van der Waals surface area contributed by atoms with E-state index in [1.54, 1.807) is 30.5 Å². The number of nitrogens with zero attached hydrogens (tertiary/aromatic N) is 1. The van der Waals surface area contributed by atoms with Crippen LogP contribution in [0, 0.1) is 0 Å². The standard InChI is InChI=1S/C16H17Cl2N3O/c1-3-10(2)20-13-4-5-19-15(9-13)16(22)21-14-7-11(17)6-12(18)8-14/h4-10H,3H2,1-2H3,(H,19,20)(H,21,22). The Hall–Kier alpha value is -1.78. The van der Waals surface area contributed by atoms with Crippen LogP contribution in [0.15, 0.2) is 36.5 Å². The van der Waals surface area contributed by atoms with Crippen molar-refractivity contribution in [1.29, 1.82) is 0 Å². The molecule has 2 N–H and O–H groups in total. The Balaban J connectivity index is 2.13. The quantitative estimate of drug-likeness (QED) is 0.819. The molecule has 2 aromatic rings.